The van der Waals surface area contributed by atoms with Crippen molar-refractivity contribution in [3.05, 3.63) is 29.8 Å². The first kappa shape index (κ1) is 24.5. The number of rotatable bonds is 7. The Bertz CT molecular complexity index is 815. The van der Waals surface area contributed by atoms with E-state index in [0.717, 1.165) is 19.2 Å². The molecule has 1 rings (SSSR count). The van der Waals surface area contributed by atoms with E-state index >= 15 is 0 Å². The van der Waals surface area contributed by atoms with E-state index in [1.54, 1.807) is 20.8 Å². The van der Waals surface area contributed by atoms with E-state index < -0.39 is 45.1 Å². The number of amides is 1. The highest BCUT2D eigenvalue weighted by Crippen LogP contribution is 2.27. The maximum Gasteiger partial charge on any atom is 0.534 e. The van der Waals surface area contributed by atoms with Gasteiger partial charge in [-0.15, -0.1) is 0 Å². The highest BCUT2D eigenvalue weighted by Gasteiger charge is 2.48. The van der Waals surface area contributed by atoms with Crippen LogP contribution < -0.4 is 9.50 Å². The van der Waals surface area contributed by atoms with Crippen LogP contribution in [0.3, 0.4) is 0 Å². The highest BCUT2D eigenvalue weighted by atomic mass is 32.2. The van der Waals surface area contributed by atoms with Crippen molar-refractivity contribution in [2.75, 3.05) is 7.11 Å². The van der Waals surface area contributed by atoms with Crippen LogP contribution in [0.4, 0.5) is 18.0 Å². The van der Waals surface area contributed by atoms with Crippen LogP contribution in [0, 0.1) is 0 Å². The molecule has 1 aromatic carbocycles. The number of aryl methyl sites for hydroxylation is 1. The number of alkyl halides is 3. The van der Waals surface area contributed by atoms with Gasteiger partial charge in [0.1, 0.15) is 17.4 Å². The zero-order valence-corrected chi connectivity index (χ0v) is 17.0. The average molecular weight is 441 g/mol. The van der Waals surface area contributed by atoms with Gasteiger partial charge in [0.05, 0.1) is 7.11 Å². The second-order valence-electron chi connectivity index (χ2n) is 6.89. The number of esters is 1. The van der Waals surface area contributed by atoms with Crippen LogP contribution in [-0.4, -0.2) is 44.7 Å². The van der Waals surface area contributed by atoms with E-state index in [4.69, 9.17) is 4.74 Å². The zero-order valence-electron chi connectivity index (χ0n) is 16.2. The summed E-state index contributed by atoms with van der Waals surface area (Å²) >= 11 is 0. The van der Waals surface area contributed by atoms with E-state index in [9.17, 15) is 31.2 Å². The Labute approximate surface area is 166 Å². The van der Waals surface area contributed by atoms with Gasteiger partial charge in [-0.05, 0) is 51.3 Å². The molecule has 0 radical (unpaired) electrons. The van der Waals surface area contributed by atoms with Crippen LogP contribution in [0.1, 0.15) is 32.8 Å². The van der Waals surface area contributed by atoms with Gasteiger partial charge in [-0.1, -0.05) is 12.1 Å². The molecule has 0 fully saturated rings. The first-order valence-corrected chi connectivity index (χ1v) is 9.72. The molecule has 0 aliphatic heterocycles. The maximum atomic E-state index is 12.3. The smallest absolute Gasteiger partial charge is 0.467 e. The molecule has 0 heterocycles. The fraction of sp³-hybridized carbons (Fsp3) is 0.529. The molecular weight excluding hydrogens is 419 g/mol. The third-order valence-corrected chi connectivity index (χ3v) is 4.29. The number of carbonyl (C=O) groups excluding carboxylic acids is 2. The number of ether oxygens (including phenoxy) is 2. The van der Waals surface area contributed by atoms with Gasteiger partial charge in [-0.25, -0.2) is 9.59 Å². The van der Waals surface area contributed by atoms with Crippen molar-refractivity contribution in [1.29, 1.82) is 0 Å². The molecule has 164 valence electrons. The molecule has 0 aliphatic rings. The molecule has 29 heavy (non-hydrogen) atoms. The molecule has 1 atom stereocenters. The number of hydrogen-bond donors (Lipinski definition) is 1. The van der Waals surface area contributed by atoms with Crippen LogP contribution in [0.5, 0.6) is 5.75 Å². The summed E-state index contributed by atoms with van der Waals surface area (Å²) in [4.78, 5) is 23.7. The SMILES string of the molecule is COC(=O)[C@H](CCc1ccc(OS(=O)(=O)C(F)(F)F)cc1)NC(=O)OC(C)(C)C. The highest BCUT2D eigenvalue weighted by molar-refractivity contribution is 7.88. The van der Waals surface area contributed by atoms with Gasteiger partial charge in [0.25, 0.3) is 0 Å². The average Bonchev–Trinajstić information content (AvgIpc) is 2.56. The van der Waals surface area contributed by atoms with Gasteiger partial charge in [0.15, 0.2) is 0 Å². The lowest BCUT2D eigenvalue weighted by atomic mass is 10.1. The number of hydrogen-bond acceptors (Lipinski definition) is 7. The van der Waals surface area contributed by atoms with Crippen molar-refractivity contribution < 1.29 is 44.8 Å². The monoisotopic (exact) mass is 441 g/mol. The van der Waals surface area contributed by atoms with Gasteiger partial charge < -0.3 is 19.0 Å². The third-order valence-electron chi connectivity index (χ3n) is 3.31. The first-order valence-electron chi connectivity index (χ1n) is 8.31. The van der Waals surface area contributed by atoms with E-state index in [2.05, 4.69) is 14.2 Å². The molecule has 0 aliphatic carbocycles. The fourth-order valence-corrected chi connectivity index (χ4v) is 2.50. The minimum Gasteiger partial charge on any atom is -0.467 e. The van der Waals surface area contributed by atoms with Crippen LogP contribution in [0.15, 0.2) is 24.3 Å². The van der Waals surface area contributed by atoms with Crippen molar-refractivity contribution in [2.45, 2.75) is 50.8 Å². The number of nitrogens with one attached hydrogen (secondary N) is 1. The summed E-state index contributed by atoms with van der Waals surface area (Å²) in [6.45, 7) is 4.97. The summed E-state index contributed by atoms with van der Waals surface area (Å²) in [7, 11) is -4.60. The van der Waals surface area contributed by atoms with Crippen molar-refractivity contribution in [3.8, 4) is 5.75 Å². The Morgan fingerprint density at radius 3 is 2.10 bits per heavy atom. The number of alkyl carbamates (subject to hydrolysis) is 1. The van der Waals surface area contributed by atoms with Gasteiger partial charge in [-0.2, -0.15) is 21.6 Å². The minimum absolute atomic E-state index is 0.104. The fourth-order valence-electron chi connectivity index (χ4n) is 2.04. The lowest BCUT2D eigenvalue weighted by molar-refractivity contribution is -0.143. The van der Waals surface area contributed by atoms with E-state index in [0.29, 0.717) is 5.56 Å². The Balaban J connectivity index is 2.75. The first-order chi connectivity index (χ1) is 13.1. The Morgan fingerprint density at radius 1 is 1.10 bits per heavy atom. The van der Waals surface area contributed by atoms with Crippen LogP contribution in [0.25, 0.3) is 0 Å². The lowest BCUT2D eigenvalue weighted by Crippen LogP contribution is -2.44. The summed E-state index contributed by atoms with van der Waals surface area (Å²) in [6, 6.07) is 3.75. The van der Waals surface area contributed by atoms with Crippen molar-refractivity contribution >= 4 is 22.2 Å². The van der Waals surface area contributed by atoms with E-state index in [-0.39, 0.29) is 12.8 Å². The molecule has 0 bridgehead atoms. The number of halogens is 3. The number of methoxy groups -OCH3 is 1. The second kappa shape index (κ2) is 9.33. The molecule has 0 aromatic heterocycles. The van der Waals surface area contributed by atoms with Crippen molar-refractivity contribution in [2.24, 2.45) is 0 Å². The minimum atomic E-state index is -5.76. The zero-order chi connectivity index (χ0) is 22.5. The Hall–Kier alpha value is -2.50. The van der Waals surface area contributed by atoms with Crippen LogP contribution >= 0.6 is 0 Å². The molecule has 0 saturated carbocycles. The van der Waals surface area contributed by atoms with E-state index in [1.807, 2.05) is 0 Å². The van der Waals surface area contributed by atoms with Crippen molar-refractivity contribution in [1.82, 2.24) is 5.32 Å². The predicted octanol–water partition coefficient (Wildman–Crippen LogP) is 2.91. The second-order valence-corrected chi connectivity index (χ2v) is 8.43. The molecule has 12 heteroatoms. The van der Waals surface area contributed by atoms with Crippen molar-refractivity contribution in [3.63, 3.8) is 0 Å². The predicted molar refractivity (Wildman–Crippen MR) is 95.5 cm³/mol. The molecular formula is C17H22F3NO7S. The quantitative estimate of drug-likeness (QED) is 0.394. The van der Waals surface area contributed by atoms with Crippen LogP contribution in [0.2, 0.25) is 0 Å². The summed E-state index contributed by atoms with van der Waals surface area (Å²) in [5, 5.41) is 2.39. The molecule has 8 nitrogen and oxygen atoms in total. The summed E-state index contributed by atoms with van der Waals surface area (Å²) in [5.41, 5.74) is -5.74. The molecule has 0 spiro atoms. The summed E-state index contributed by atoms with van der Waals surface area (Å²) < 4.78 is 72.6. The largest absolute Gasteiger partial charge is 0.534 e. The third kappa shape index (κ3) is 8.18. The number of carbonyl (C=O) groups is 2. The van der Waals surface area contributed by atoms with Crippen LogP contribution in [-0.2, 0) is 30.8 Å². The molecule has 1 amide bonds. The molecule has 0 unspecified atom stereocenters. The lowest BCUT2D eigenvalue weighted by Gasteiger charge is -2.22. The van der Waals surface area contributed by atoms with E-state index in [1.165, 1.54) is 12.1 Å². The van der Waals surface area contributed by atoms with Gasteiger partial charge in [0.2, 0.25) is 0 Å². The number of benzene rings is 1. The standard InChI is InChI=1S/C17H22F3NO7S/c1-16(2,3)27-15(23)21-13(14(22)26-4)10-7-11-5-8-12(9-6-11)28-29(24,25)17(18,19)20/h5-6,8-9,13H,7,10H2,1-4H3,(H,21,23)/t13-/m0/s1. The summed E-state index contributed by atoms with van der Waals surface area (Å²) in [6.07, 6.45) is -0.483. The maximum absolute atomic E-state index is 12.3. The molecule has 1 aromatic rings. The molecule has 0 saturated heterocycles. The Kier molecular flexibility index (Phi) is 7.90. The summed E-state index contributed by atoms with van der Waals surface area (Å²) in [5.74, 6) is -1.21. The Morgan fingerprint density at radius 2 is 1.66 bits per heavy atom. The molecule has 1 N–H and O–H groups in total. The topological polar surface area (TPSA) is 108 Å². The normalized spacial score (nSPS) is 13.3. The van der Waals surface area contributed by atoms with Gasteiger partial charge in [0, 0.05) is 0 Å². The van der Waals surface area contributed by atoms with Gasteiger partial charge >= 0.3 is 27.7 Å². The van der Waals surface area contributed by atoms with Gasteiger partial charge in [-0.3, -0.25) is 0 Å².